The van der Waals surface area contributed by atoms with Gasteiger partial charge < -0.3 is 21.1 Å². The highest BCUT2D eigenvalue weighted by molar-refractivity contribution is 6.30. The Labute approximate surface area is 178 Å². The summed E-state index contributed by atoms with van der Waals surface area (Å²) in [6.45, 7) is 2.77. The Balaban J connectivity index is 1.96. The zero-order valence-corrected chi connectivity index (χ0v) is 17.2. The number of primary amides is 1. The number of hydrogen-bond donors (Lipinski definition) is 3. The van der Waals surface area contributed by atoms with E-state index in [1.807, 2.05) is 0 Å². The van der Waals surface area contributed by atoms with Crippen LogP contribution in [-0.2, 0) is 19.1 Å². The van der Waals surface area contributed by atoms with Crippen LogP contribution < -0.4 is 16.4 Å². The molecule has 158 valence electrons. The number of benzene rings is 2. The summed E-state index contributed by atoms with van der Waals surface area (Å²) < 4.78 is 5.20. The first kappa shape index (κ1) is 22.9. The molecule has 0 fully saturated rings. The monoisotopic (exact) mass is 431 g/mol. The Bertz CT molecular complexity index is 929. The molecule has 2 aromatic rings. The lowest BCUT2D eigenvalue weighted by molar-refractivity contribution is -0.153. The minimum atomic E-state index is -1.07. The molecule has 30 heavy (non-hydrogen) atoms. The van der Waals surface area contributed by atoms with Gasteiger partial charge in [0.1, 0.15) is 0 Å². The van der Waals surface area contributed by atoms with Gasteiger partial charge >= 0.3 is 5.97 Å². The second-order valence-electron chi connectivity index (χ2n) is 6.57. The largest absolute Gasteiger partial charge is 0.452 e. The van der Waals surface area contributed by atoms with E-state index in [0.29, 0.717) is 21.8 Å². The number of ether oxygens (including phenoxy) is 1. The molecule has 0 heterocycles. The molecule has 0 aliphatic heterocycles. The molecule has 4 N–H and O–H groups in total. The predicted molar refractivity (Wildman–Crippen MR) is 112 cm³/mol. The zero-order valence-electron chi connectivity index (χ0n) is 16.5. The van der Waals surface area contributed by atoms with Crippen LogP contribution in [0.1, 0.15) is 42.2 Å². The second kappa shape index (κ2) is 10.4. The maximum atomic E-state index is 12.3. The molecule has 0 radical (unpaired) electrons. The highest BCUT2D eigenvalue weighted by atomic mass is 35.5. The molecule has 0 bridgehead atoms. The number of anilines is 1. The summed E-state index contributed by atoms with van der Waals surface area (Å²) in [5.74, 6) is -2.09. The third-order valence-corrected chi connectivity index (χ3v) is 4.39. The Morgan fingerprint density at radius 2 is 1.63 bits per heavy atom. The number of carbonyl (C=O) groups excluding carboxylic acids is 4. The van der Waals surface area contributed by atoms with Crippen LogP contribution in [0.2, 0.25) is 5.02 Å². The summed E-state index contributed by atoms with van der Waals surface area (Å²) in [6, 6.07) is 12.0. The Hall–Kier alpha value is -3.39. The summed E-state index contributed by atoms with van der Waals surface area (Å²) in [5.41, 5.74) is 6.58. The van der Waals surface area contributed by atoms with Crippen molar-refractivity contribution in [1.29, 1.82) is 0 Å². The van der Waals surface area contributed by atoms with E-state index < -0.39 is 29.9 Å². The van der Waals surface area contributed by atoms with E-state index in [9.17, 15) is 19.2 Å². The SMILES string of the molecule is CC(=O)NC(CC(=O)OC(C)C(=O)Nc1ccc(C(N)=O)cc1)c1ccc(Cl)cc1. The fourth-order valence-electron chi connectivity index (χ4n) is 2.62. The number of nitrogens with one attached hydrogen (secondary N) is 2. The molecule has 2 aromatic carbocycles. The number of hydrogen-bond acceptors (Lipinski definition) is 5. The molecule has 2 unspecified atom stereocenters. The molecular formula is C21H22ClN3O5. The molecule has 0 aliphatic rings. The quantitative estimate of drug-likeness (QED) is 0.553. The Kier molecular flexibility index (Phi) is 7.94. The molecule has 0 saturated heterocycles. The fourth-order valence-corrected chi connectivity index (χ4v) is 2.75. The van der Waals surface area contributed by atoms with Crippen LogP contribution in [0.15, 0.2) is 48.5 Å². The van der Waals surface area contributed by atoms with Gasteiger partial charge in [-0.05, 0) is 48.9 Å². The van der Waals surface area contributed by atoms with Crippen molar-refractivity contribution in [3.8, 4) is 0 Å². The normalized spacial score (nSPS) is 12.4. The van der Waals surface area contributed by atoms with Crippen LogP contribution >= 0.6 is 11.6 Å². The standard InChI is InChI=1S/C21H22ClN3O5/c1-12(21(29)25-17-9-5-15(6-10-17)20(23)28)30-19(27)11-18(24-13(2)26)14-3-7-16(22)8-4-14/h3-10,12,18H,11H2,1-2H3,(H2,23,28)(H,24,26)(H,25,29). The third-order valence-electron chi connectivity index (χ3n) is 4.14. The Morgan fingerprint density at radius 1 is 1.03 bits per heavy atom. The van der Waals surface area contributed by atoms with Gasteiger partial charge in [0.05, 0.1) is 12.5 Å². The lowest BCUT2D eigenvalue weighted by Crippen LogP contribution is -2.33. The zero-order chi connectivity index (χ0) is 22.3. The van der Waals surface area contributed by atoms with Crippen molar-refractivity contribution in [3.63, 3.8) is 0 Å². The average Bonchev–Trinajstić information content (AvgIpc) is 2.68. The highest BCUT2D eigenvalue weighted by Gasteiger charge is 2.22. The summed E-state index contributed by atoms with van der Waals surface area (Å²) in [4.78, 5) is 47.2. The molecule has 9 heteroatoms. The summed E-state index contributed by atoms with van der Waals surface area (Å²) in [5, 5.41) is 5.79. The van der Waals surface area contributed by atoms with E-state index in [0.717, 1.165) is 0 Å². The molecule has 8 nitrogen and oxygen atoms in total. The molecule has 0 spiro atoms. The molecule has 2 atom stereocenters. The van der Waals surface area contributed by atoms with Crippen molar-refractivity contribution in [2.24, 2.45) is 5.73 Å². The van der Waals surface area contributed by atoms with Gasteiger partial charge in [0.15, 0.2) is 6.10 Å². The molecule has 0 saturated carbocycles. The maximum absolute atomic E-state index is 12.3. The number of rotatable bonds is 8. The van der Waals surface area contributed by atoms with Crippen molar-refractivity contribution in [3.05, 3.63) is 64.7 Å². The lowest BCUT2D eigenvalue weighted by Gasteiger charge is -2.19. The van der Waals surface area contributed by atoms with Gasteiger partial charge in [-0.1, -0.05) is 23.7 Å². The van der Waals surface area contributed by atoms with E-state index in [4.69, 9.17) is 22.1 Å². The van der Waals surface area contributed by atoms with Crippen LogP contribution in [-0.4, -0.2) is 29.8 Å². The molecule has 3 amide bonds. The van der Waals surface area contributed by atoms with Gasteiger partial charge in [-0.25, -0.2) is 0 Å². The van der Waals surface area contributed by atoms with E-state index in [1.54, 1.807) is 24.3 Å². The highest BCUT2D eigenvalue weighted by Crippen LogP contribution is 2.20. The Morgan fingerprint density at radius 3 is 2.17 bits per heavy atom. The van der Waals surface area contributed by atoms with Crippen LogP contribution in [0.4, 0.5) is 5.69 Å². The first-order valence-electron chi connectivity index (χ1n) is 9.08. The predicted octanol–water partition coefficient (Wildman–Crippen LogP) is 2.58. The molecule has 2 rings (SSSR count). The van der Waals surface area contributed by atoms with E-state index in [-0.39, 0.29) is 12.3 Å². The van der Waals surface area contributed by atoms with Gasteiger partial charge in [-0.2, -0.15) is 0 Å². The number of carbonyl (C=O) groups is 4. The fraction of sp³-hybridized carbons (Fsp3) is 0.238. The van der Waals surface area contributed by atoms with Crippen LogP contribution in [0, 0.1) is 0 Å². The molecular weight excluding hydrogens is 410 g/mol. The summed E-state index contributed by atoms with van der Waals surface area (Å²) in [6.07, 6.45) is -1.23. The lowest BCUT2D eigenvalue weighted by atomic mass is 10.0. The van der Waals surface area contributed by atoms with Gasteiger partial charge in [-0.3, -0.25) is 19.2 Å². The number of esters is 1. The summed E-state index contributed by atoms with van der Waals surface area (Å²) in [7, 11) is 0. The topological polar surface area (TPSA) is 128 Å². The van der Waals surface area contributed by atoms with Gasteiger partial charge in [0.25, 0.3) is 5.91 Å². The number of amides is 3. The van der Waals surface area contributed by atoms with Crippen molar-refractivity contribution in [2.75, 3.05) is 5.32 Å². The van der Waals surface area contributed by atoms with E-state index in [2.05, 4.69) is 10.6 Å². The van der Waals surface area contributed by atoms with E-state index >= 15 is 0 Å². The summed E-state index contributed by atoms with van der Waals surface area (Å²) >= 11 is 5.88. The van der Waals surface area contributed by atoms with Crippen molar-refractivity contribution in [1.82, 2.24) is 5.32 Å². The second-order valence-corrected chi connectivity index (χ2v) is 7.01. The van der Waals surface area contributed by atoms with Crippen molar-refractivity contribution < 1.29 is 23.9 Å². The van der Waals surface area contributed by atoms with Crippen molar-refractivity contribution in [2.45, 2.75) is 32.4 Å². The molecule has 0 aromatic heterocycles. The molecule has 0 aliphatic carbocycles. The first-order valence-corrected chi connectivity index (χ1v) is 9.46. The van der Waals surface area contributed by atoms with Gasteiger partial charge in [0, 0.05) is 23.2 Å². The van der Waals surface area contributed by atoms with E-state index in [1.165, 1.54) is 38.1 Å². The van der Waals surface area contributed by atoms with Crippen molar-refractivity contribution >= 4 is 41.0 Å². The van der Waals surface area contributed by atoms with Crippen LogP contribution in [0.5, 0.6) is 0 Å². The minimum Gasteiger partial charge on any atom is -0.452 e. The van der Waals surface area contributed by atoms with Gasteiger partial charge in [0.2, 0.25) is 11.8 Å². The average molecular weight is 432 g/mol. The minimum absolute atomic E-state index is 0.161. The smallest absolute Gasteiger partial charge is 0.309 e. The van der Waals surface area contributed by atoms with Crippen LogP contribution in [0.3, 0.4) is 0 Å². The number of halogens is 1. The third kappa shape index (κ3) is 6.89. The van der Waals surface area contributed by atoms with Gasteiger partial charge in [-0.15, -0.1) is 0 Å². The maximum Gasteiger partial charge on any atom is 0.309 e. The van der Waals surface area contributed by atoms with Crippen LogP contribution in [0.25, 0.3) is 0 Å². The number of nitrogens with two attached hydrogens (primary N) is 1. The first-order chi connectivity index (χ1) is 14.2.